The molecule has 0 aliphatic carbocycles. The van der Waals surface area contributed by atoms with E-state index in [1.54, 1.807) is 33.8 Å². The molecule has 0 unspecified atom stereocenters. The molecule has 1 aromatic rings. The molecule has 94 valence electrons. The Bertz CT molecular complexity index is 446. The maximum atomic E-state index is 11.5. The minimum absolute atomic E-state index is 0.0700. The molecule has 1 N–H and O–H groups in total. The predicted molar refractivity (Wildman–Crippen MR) is 62.1 cm³/mol. The normalized spacial score (nSPS) is 10.6. The number of ether oxygens (including phenoxy) is 1. The SMILES string of the molecule is Cc1cc(C)n(CC(=O)OC(C)C)c1C(=O)O. The number of hydrogen-bond donors (Lipinski definition) is 1. The van der Waals surface area contributed by atoms with Crippen molar-refractivity contribution in [2.45, 2.75) is 40.3 Å². The van der Waals surface area contributed by atoms with Crippen molar-refractivity contribution in [2.75, 3.05) is 0 Å². The number of aromatic nitrogens is 1. The zero-order chi connectivity index (χ0) is 13.2. The first-order valence-electron chi connectivity index (χ1n) is 5.42. The molecule has 0 radical (unpaired) electrons. The van der Waals surface area contributed by atoms with Crippen LogP contribution in [-0.2, 0) is 16.1 Å². The third-order valence-electron chi connectivity index (χ3n) is 2.35. The number of carbonyl (C=O) groups excluding carboxylic acids is 1. The van der Waals surface area contributed by atoms with Gasteiger partial charge in [-0.1, -0.05) is 0 Å². The van der Waals surface area contributed by atoms with E-state index in [4.69, 9.17) is 9.84 Å². The van der Waals surface area contributed by atoms with Crippen LogP contribution >= 0.6 is 0 Å². The summed E-state index contributed by atoms with van der Waals surface area (Å²) in [5.41, 5.74) is 1.52. The van der Waals surface area contributed by atoms with E-state index in [2.05, 4.69) is 0 Å². The summed E-state index contributed by atoms with van der Waals surface area (Å²) in [7, 11) is 0. The van der Waals surface area contributed by atoms with Crippen molar-refractivity contribution in [2.24, 2.45) is 0 Å². The van der Waals surface area contributed by atoms with Gasteiger partial charge in [0.1, 0.15) is 12.2 Å². The van der Waals surface area contributed by atoms with Gasteiger partial charge < -0.3 is 14.4 Å². The average molecular weight is 239 g/mol. The predicted octanol–water partition coefficient (Wildman–Crippen LogP) is 1.75. The third-order valence-corrected chi connectivity index (χ3v) is 2.35. The lowest BCUT2D eigenvalue weighted by molar-refractivity contribution is -0.148. The van der Waals surface area contributed by atoms with Gasteiger partial charge in [-0.15, -0.1) is 0 Å². The van der Waals surface area contributed by atoms with Crippen molar-refractivity contribution in [3.63, 3.8) is 0 Å². The fraction of sp³-hybridized carbons (Fsp3) is 0.500. The van der Waals surface area contributed by atoms with Gasteiger partial charge in [0.15, 0.2) is 0 Å². The van der Waals surface area contributed by atoms with Gasteiger partial charge in [-0.05, 0) is 39.3 Å². The van der Waals surface area contributed by atoms with Crippen molar-refractivity contribution in [3.8, 4) is 0 Å². The Labute approximate surface area is 100 Å². The van der Waals surface area contributed by atoms with Gasteiger partial charge in [-0.3, -0.25) is 4.79 Å². The highest BCUT2D eigenvalue weighted by Crippen LogP contribution is 2.15. The van der Waals surface area contributed by atoms with Crippen LogP contribution in [0.2, 0.25) is 0 Å². The first kappa shape index (κ1) is 13.3. The lowest BCUT2D eigenvalue weighted by Crippen LogP contribution is -2.21. The van der Waals surface area contributed by atoms with Gasteiger partial charge >= 0.3 is 11.9 Å². The maximum Gasteiger partial charge on any atom is 0.352 e. The van der Waals surface area contributed by atoms with Crippen molar-refractivity contribution in [3.05, 3.63) is 23.0 Å². The smallest absolute Gasteiger partial charge is 0.352 e. The molecule has 0 saturated heterocycles. The zero-order valence-corrected chi connectivity index (χ0v) is 10.5. The molecule has 5 nitrogen and oxygen atoms in total. The summed E-state index contributed by atoms with van der Waals surface area (Å²) >= 11 is 0. The quantitative estimate of drug-likeness (QED) is 0.813. The Morgan fingerprint density at radius 2 is 2.00 bits per heavy atom. The van der Waals surface area contributed by atoms with Gasteiger partial charge in [0.2, 0.25) is 0 Å². The largest absolute Gasteiger partial charge is 0.477 e. The van der Waals surface area contributed by atoms with Crippen molar-refractivity contribution in [1.82, 2.24) is 4.57 Å². The number of aryl methyl sites for hydroxylation is 2. The molecule has 0 atom stereocenters. The van der Waals surface area contributed by atoms with E-state index in [0.29, 0.717) is 5.56 Å². The molecule has 0 bridgehead atoms. The number of carboxylic acids is 1. The molecule has 5 heteroatoms. The standard InChI is InChI=1S/C12H17NO4/c1-7(2)17-10(14)6-13-9(4)5-8(3)11(13)12(15)16/h5,7H,6H2,1-4H3,(H,15,16). The maximum absolute atomic E-state index is 11.5. The second-order valence-corrected chi connectivity index (χ2v) is 4.25. The van der Waals surface area contributed by atoms with E-state index in [-0.39, 0.29) is 18.3 Å². The van der Waals surface area contributed by atoms with Crippen LogP contribution in [0.4, 0.5) is 0 Å². The molecule has 0 aliphatic rings. The topological polar surface area (TPSA) is 68.5 Å². The van der Waals surface area contributed by atoms with E-state index in [0.717, 1.165) is 5.69 Å². The second kappa shape index (κ2) is 5.03. The van der Waals surface area contributed by atoms with E-state index in [9.17, 15) is 9.59 Å². The van der Waals surface area contributed by atoms with Crippen molar-refractivity contribution < 1.29 is 19.4 Å². The number of hydrogen-bond acceptors (Lipinski definition) is 3. The Morgan fingerprint density at radius 1 is 1.41 bits per heavy atom. The average Bonchev–Trinajstić information content (AvgIpc) is 2.39. The monoisotopic (exact) mass is 239 g/mol. The highest BCUT2D eigenvalue weighted by atomic mass is 16.5. The first-order valence-corrected chi connectivity index (χ1v) is 5.42. The first-order chi connectivity index (χ1) is 7.82. The summed E-state index contributed by atoms with van der Waals surface area (Å²) in [5, 5.41) is 9.08. The fourth-order valence-corrected chi connectivity index (χ4v) is 1.77. The molecular weight excluding hydrogens is 222 g/mol. The summed E-state index contributed by atoms with van der Waals surface area (Å²) in [6, 6.07) is 1.74. The summed E-state index contributed by atoms with van der Waals surface area (Å²) in [6.45, 7) is 6.91. The minimum Gasteiger partial charge on any atom is -0.477 e. The zero-order valence-electron chi connectivity index (χ0n) is 10.5. The Hall–Kier alpha value is -1.78. The van der Waals surface area contributed by atoms with Gasteiger partial charge in [0.05, 0.1) is 6.10 Å². The Balaban J connectivity index is 2.98. The van der Waals surface area contributed by atoms with Crippen LogP contribution in [0.15, 0.2) is 6.07 Å². The van der Waals surface area contributed by atoms with Crippen LogP contribution in [0, 0.1) is 13.8 Å². The van der Waals surface area contributed by atoms with Crippen LogP contribution in [0.3, 0.4) is 0 Å². The fourth-order valence-electron chi connectivity index (χ4n) is 1.77. The minimum atomic E-state index is -1.03. The molecule has 0 aromatic carbocycles. The number of carboxylic acid groups (broad SMARTS) is 1. The van der Waals surface area contributed by atoms with Crippen LogP contribution in [0.1, 0.15) is 35.6 Å². The van der Waals surface area contributed by atoms with E-state index >= 15 is 0 Å². The highest BCUT2D eigenvalue weighted by molar-refractivity contribution is 5.88. The van der Waals surface area contributed by atoms with E-state index in [1.807, 2.05) is 0 Å². The summed E-state index contributed by atoms with van der Waals surface area (Å²) in [4.78, 5) is 22.6. The van der Waals surface area contributed by atoms with Crippen molar-refractivity contribution in [1.29, 1.82) is 0 Å². The van der Waals surface area contributed by atoms with E-state index < -0.39 is 11.9 Å². The number of rotatable bonds is 4. The van der Waals surface area contributed by atoms with Crippen LogP contribution in [-0.4, -0.2) is 27.7 Å². The molecule has 0 saturated carbocycles. The Morgan fingerprint density at radius 3 is 2.47 bits per heavy atom. The molecule has 0 spiro atoms. The lowest BCUT2D eigenvalue weighted by Gasteiger charge is -2.11. The molecule has 1 heterocycles. The van der Waals surface area contributed by atoms with Gasteiger partial charge in [0.25, 0.3) is 0 Å². The molecule has 1 aromatic heterocycles. The van der Waals surface area contributed by atoms with Gasteiger partial charge in [-0.25, -0.2) is 4.79 Å². The van der Waals surface area contributed by atoms with Crippen LogP contribution < -0.4 is 0 Å². The molecule has 0 fully saturated rings. The number of carbonyl (C=O) groups is 2. The van der Waals surface area contributed by atoms with Crippen LogP contribution in [0.5, 0.6) is 0 Å². The lowest BCUT2D eigenvalue weighted by atomic mass is 10.2. The number of aromatic carboxylic acids is 1. The molecule has 0 amide bonds. The van der Waals surface area contributed by atoms with Gasteiger partial charge in [-0.2, -0.15) is 0 Å². The molecule has 1 rings (SSSR count). The molecule has 17 heavy (non-hydrogen) atoms. The molecular formula is C12H17NO4. The number of esters is 1. The summed E-state index contributed by atoms with van der Waals surface area (Å²) in [5.74, 6) is -1.46. The summed E-state index contributed by atoms with van der Waals surface area (Å²) < 4.78 is 6.46. The summed E-state index contributed by atoms with van der Waals surface area (Å²) in [6.07, 6.45) is -0.201. The highest BCUT2D eigenvalue weighted by Gasteiger charge is 2.19. The third kappa shape index (κ3) is 3.09. The second-order valence-electron chi connectivity index (χ2n) is 4.25. The number of nitrogens with zero attached hydrogens (tertiary/aromatic N) is 1. The van der Waals surface area contributed by atoms with Gasteiger partial charge in [0, 0.05) is 5.69 Å². The van der Waals surface area contributed by atoms with Crippen LogP contribution in [0.25, 0.3) is 0 Å². The Kier molecular flexibility index (Phi) is 3.93. The molecule has 0 aliphatic heterocycles. The van der Waals surface area contributed by atoms with E-state index in [1.165, 1.54) is 4.57 Å². The van der Waals surface area contributed by atoms with Crippen molar-refractivity contribution >= 4 is 11.9 Å².